The van der Waals surface area contributed by atoms with Gasteiger partial charge in [-0.05, 0) is 12.1 Å². The molecule has 1 amide bonds. The molecule has 9 nitrogen and oxygen atoms in total. The first kappa shape index (κ1) is 21.4. The molecule has 1 aromatic heterocycles. The third-order valence-electron chi connectivity index (χ3n) is 5.10. The summed E-state index contributed by atoms with van der Waals surface area (Å²) in [5.41, 5.74) is 0.680. The Kier molecular flexibility index (Phi) is 6.47. The maximum atomic E-state index is 11.0. The molecule has 3 heterocycles. The van der Waals surface area contributed by atoms with Crippen molar-refractivity contribution < 1.29 is 24.2 Å². The molecule has 2 unspecified atom stereocenters. The van der Waals surface area contributed by atoms with Crippen LogP contribution in [-0.4, -0.2) is 76.2 Å². The maximum absolute atomic E-state index is 11.0. The van der Waals surface area contributed by atoms with Crippen molar-refractivity contribution in [1.82, 2.24) is 19.5 Å². The molecule has 2 fully saturated rings. The predicted octanol–water partition coefficient (Wildman–Crippen LogP) is 2.69. The first-order chi connectivity index (χ1) is 14.4. The second kappa shape index (κ2) is 9.09. The van der Waals surface area contributed by atoms with Crippen molar-refractivity contribution in [1.29, 1.82) is 0 Å². The van der Waals surface area contributed by atoms with Gasteiger partial charge in [0.2, 0.25) is 5.79 Å². The quantitative estimate of drug-likeness (QED) is 0.714. The third kappa shape index (κ3) is 4.72. The number of rotatable bonds is 6. The molecule has 2 aromatic rings. The van der Waals surface area contributed by atoms with Crippen LogP contribution in [0.3, 0.4) is 0 Å². The molecule has 2 atom stereocenters. The Morgan fingerprint density at radius 3 is 2.77 bits per heavy atom. The number of carbonyl (C=O) groups is 1. The minimum Gasteiger partial charge on any atom is -0.465 e. The number of carboxylic acid groups (broad SMARTS) is 1. The normalized spacial score (nSPS) is 25.0. The summed E-state index contributed by atoms with van der Waals surface area (Å²) in [6, 6.07) is 5.21. The van der Waals surface area contributed by atoms with E-state index in [1.807, 2.05) is 10.8 Å². The van der Waals surface area contributed by atoms with E-state index in [0.717, 1.165) is 0 Å². The van der Waals surface area contributed by atoms with Crippen LogP contribution in [0, 0.1) is 0 Å². The highest BCUT2D eigenvalue weighted by molar-refractivity contribution is 6.35. The fourth-order valence-electron chi connectivity index (χ4n) is 3.57. The van der Waals surface area contributed by atoms with Gasteiger partial charge < -0.3 is 24.0 Å². The number of nitrogens with zero attached hydrogens (tertiary/aromatic N) is 4. The van der Waals surface area contributed by atoms with Gasteiger partial charge in [0.1, 0.15) is 6.10 Å². The molecule has 2 aliphatic rings. The van der Waals surface area contributed by atoms with Crippen LogP contribution in [0.15, 0.2) is 36.9 Å². The number of amides is 1. The van der Waals surface area contributed by atoms with Gasteiger partial charge in [-0.25, -0.2) is 9.78 Å². The molecule has 0 aliphatic carbocycles. The summed E-state index contributed by atoms with van der Waals surface area (Å²) in [7, 11) is 0. The van der Waals surface area contributed by atoms with E-state index in [4.69, 9.17) is 42.6 Å². The fourth-order valence-corrected chi connectivity index (χ4v) is 4.12. The lowest BCUT2D eigenvalue weighted by Gasteiger charge is -2.33. The van der Waals surface area contributed by atoms with E-state index in [9.17, 15) is 4.79 Å². The summed E-state index contributed by atoms with van der Waals surface area (Å²) in [5, 5.41) is 11.8. The van der Waals surface area contributed by atoms with Gasteiger partial charge >= 0.3 is 6.09 Å². The Bertz CT molecular complexity index is 876. The monoisotopic (exact) mass is 456 g/mol. The van der Waals surface area contributed by atoms with E-state index in [1.165, 1.54) is 4.90 Å². The zero-order valence-corrected chi connectivity index (χ0v) is 17.6. The molecule has 2 aliphatic heterocycles. The van der Waals surface area contributed by atoms with Crippen LogP contribution >= 0.6 is 23.2 Å². The van der Waals surface area contributed by atoms with Crippen molar-refractivity contribution in [2.24, 2.45) is 0 Å². The Morgan fingerprint density at radius 2 is 2.10 bits per heavy atom. The zero-order chi connectivity index (χ0) is 21.1. The van der Waals surface area contributed by atoms with Gasteiger partial charge in [-0.1, -0.05) is 29.3 Å². The number of imidazole rings is 1. The first-order valence-electron chi connectivity index (χ1n) is 9.54. The van der Waals surface area contributed by atoms with Crippen molar-refractivity contribution in [3.05, 3.63) is 52.5 Å². The van der Waals surface area contributed by atoms with Crippen molar-refractivity contribution in [2.75, 3.05) is 39.4 Å². The number of hydroxylamine groups is 2. The molecule has 0 bridgehead atoms. The molecular weight excluding hydrogens is 435 g/mol. The van der Waals surface area contributed by atoms with Crippen LogP contribution in [-0.2, 0) is 26.6 Å². The summed E-state index contributed by atoms with van der Waals surface area (Å²) in [6.45, 7) is 2.78. The number of piperazine rings is 1. The predicted molar refractivity (Wildman–Crippen MR) is 108 cm³/mol. The molecule has 162 valence electrons. The van der Waals surface area contributed by atoms with Crippen LogP contribution in [0.25, 0.3) is 0 Å². The summed E-state index contributed by atoms with van der Waals surface area (Å²) in [5.74, 6) is -1.10. The van der Waals surface area contributed by atoms with Gasteiger partial charge in [0.15, 0.2) is 0 Å². The van der Waals surface area contributed by atoms with E-state index in [0.29, 0.717) is 54.9 Å². The average Bonchev–Trinajstić information content (AvgIpc) is 3.37. The van der Waals surface area contributed by atoms with E-state index in [2.05, 4.69) is 4.98 Å². The number of ether oxygens (including phenoxy) is 2. The molecule has 30 heavy (non-hydrogen) atoms. The van der Waals surface area contributed by atoms with Crippen molar-refractivity contribution in [2.45, 2.75) is 18.4 Å². The second-order valence-corrected chi connectivity index (χ2v) is 8.00. The van der Waals surface area contributed by atoms with Crippen LogP contribution in [0.2, 0.25) is 10.0 Å². The third-order valence-corrected chi connectivity index (χ3v) is 5.65. The van der Waals surface area contributed by atoms with Gasteiger partial charge in [-0.15, -0.1) is 0 Å². The Labute approximate surface area is 183 Å². The van der Waals surface area contributed by atoms with Gasteiger partial charge in [0.25, 0.3) is 0 Å². The lowest BCUT2D eigenvalue weighted by atomic mass is 10.1. The molecule has 1 N–H and O–H groups in total. The molecule has 2 saturated heterocycles. The minimum atomic E-state index is -1.10. The Morgan fingerprint density at radius 1 is 1.30 bits per heavy atom. The molecular formula is C19H22Cl2N4O5. The standard InChI is InChI=1S/C19H22Cl2N4O5/c20-14-1-2-16(17(21)9-14)19(12-23-4-3-22-13-23)28-10-15(30-19)11-29-25-7-5-24(6-8-25)18(26)27/h1-4,9,13,15H,5-8,10-12H2,(H,26,27). The molecule has 0 saturated carbocycles. The van der Waals surface area contributed by atoms with E-state index in [-0.39, 0.29) is 12.7 Å². The number of hydrogen-bond donors (Lipinski definition) is 1. The van der Waals surface area contributed by atoms with Crippen LogP contribution < -0.4 is 0 Å². The number of aromatic nitrogens is 2. The van der Waals surface area contributed by atoms with Crippen LogP contribution in [0.5, 0.6) is 0 Å². The van der Waals surface area contributed by atoms with Gasteiger partial charge in [0.05, 0.1) is 31.1 Å². The van der Waals surface area contributed by atoms with Crippen molar-refractivity contribution in [3.63, 3.8) is 0 Å². The number of benzene rings is 1. The molecule has 1 aromatic carbocycles. The highest BCUT2D eigenvalue weighted by Gasteiger charge is 2.45. The topological polar surface area (TPSA) is 89.3 Å². The smallest absolute Gasteiger partial charge is 0.407 e. The van der Waals surface area contributed by atoms with Gasteiger partial charge in [-0.3, -0.25) is 4.84 Å². The minimum absolute atomic E-state index is 0.282. The molecule has 0 spiro atoms. The summed E-state index contributed by atoms with van der Waals surface area (Å²) in [4.78, 5) is 22.3. The fraction of sp³-hybridized carbons (Fsp3) is 0.474. The van der Waals surface area contributed by atoms with Gasteiger partial charge in [-0.2, -0.15) is 5.06 Å². The van der Waals surface area contributed by atoms with Crippen molar-refractivity contribution >= 4 is 29.3 Å². The van der Waals surface area contributed by atoms with Crippen LogP contribution in [0.1, 0.15) is 5.56 Å². The van der Waals surface area contributed by atoms with E-state index >= 15 is 0 Å². The number of hydrogen-bond acceptors (Lipinski definition) is 6. The van der Waals surface area contributed by atoms with E-state index < -0.39 is 11.9 Å². The lowest BCUT2D eigenvalue weighted by Crippen LogP contribution is -2.48. The lowest BCUT2D eigenvalue weighted by molar-refractivity contribution is -0.220. The molecule has 4 rings (SSSR count). The SMILES string of the molecule is O=C(O)N1CCN(OCC2COC(Cn3ccnc3)(c3ccc(Cl)cc3Cl)O2)CC1. The average molecular weight is 457 g/mol. The largest absolute Gasteiger partial charge is 0.465 e. The Balaban J connectivity index is 1.42. The summed E-state index contributed by atoms with van der Waals surface area (Å²) >= 11 is 12.5. The zero-order valence-electron chi connectivity index (χ0n) is 16.1. The maximum Gasteiger partial charge on any atom is 0.407 e. The first-order valence-corrected chi connectivity index (χ1v) is 10.3. The second-order valence-electron chi connectivity index (χ2n) is 7.16. The molecule has 11 heteroatoms. The van der Waals surface area contributed by atoms with E-state index in [1.54, 1.807) is 35.8 Å². The van der Waals surface area contributed by atoms with Crippen molar-refractivity contribution in [3.8, 4) is 0 Å². The number of halogens is 2. The Hall–Kier alpha value is -1.88. The highest BCUT2D eigenvalue weighted by Crippen LogP contribution is 2.40. The molecule has 0 radical (unpaired) electrons. The summed E-state index contributed by atoms with van der Waals surface area (Å²) in [6.07, 6.45) is 3.96. The van der Waals surface area contributed by atoms with Gasteiger partial charge in [0, 0.05) is 49.2 Å². The summed E-state index contributed by atoms with van der Waals surface area (Å²) < 4.78 is 14.3. The van der Waals surface area contributed by atoms with Crippen LogP contribution in [0.4, 0.5) is 4.79 Å². The highest BCUT2D eigenvalue weighted by atomic mass is 35.5.